The van der Waals surface area contributed by atoms with E-state index in [1.165, 1.54) is 12.4 Å². The van der Waals surface area contributed by atoms with E-state index in [9.17, 15) is 0 Å². The van der Waals surface area contributed by atoms with Crippen LogP contribution in [0.5, 0.6) is 5.75 Å². The number of nitrogens with one attached hydrogen (secondary N) is 5. The highest BCUT2D eigenvalue weighted by Crippen LogP contribution is 2.37. The quantitative estimate of drug-likeness (QED) is 0.0990. The van der Waals surface area contributed by atoms with E-state index in [0.29, 0.717) is 39.1 Å². The lowest BCUT2D eigenvalue weighted by molar-refractivity contribution is 0.201. The lowest BCUT2D eigenvalue weighted by Gasteiger charge is -2.30. The van der Waals surface area contributed by atoms with Gasteiger partial charge in [0.2, 0.25) is 0 Å². The maximum Gasteiger partial charge on any atom is 0.131 e. The van der Waals surface area contributed by atoms with Crippen molar-refractivity contribution < 1.29 is 9.84 Å². The number of hydrogen-bond donors (Lipinski definition) is 6. The molecular formula is C25H24ClN7O2S2. The summed E-state index contributed by atoms with van der Waals surface area (Å²) in [6.45, 7) is 0.111. The maximum atomic E-state index is 8.99. The van der Waals surface area contributed by atoms with Crippen LogP contribution in [-0.2, 0) is 5.75 Å². The number of aliphatic hydroxyl groups is 1. The minimum atomic E-state index is -0.355. The van der Waals surface area contributed by atoms with Gasteiger partial charge in [-0.2, -0.15) is 5.53 Å². The van der Waals surface area contributed by atoms with E-state index in [1.807, 2.05) is 41.8 Å². The first-order valence-corrected chi connectivity index (χ1v) is 13.4. The zero-order valence-electron chi connectivity index (χ0n) is 19.5. The number of dihydropyridines is 1. The van der Waals surface area contributed by atoms with Crippen molar-refractivity contribution in [2.75, 3.05) is 13.2 Å². The van der Waals surface area contributed by atoms with E-state index in [-0.39, 0.29) is 18.6 Å². The second-order valence-corrected chi connectivity index (χ2v) is 10.1. The van der Waals surface area contributed by atoms with Crippen molar-refractivity contribution >= 4 is 52.7 Å². The van der Waals surface area contributed by atoms with E-state index < -0.39 is 0 Å². The maximum absolute atomic E-state index is 8.99. The van der Waals surface area contributed by atoms with Gasteiger partial charge in [-0.1, -0.05) is 41.1 Å². The Balaban J connectivity index is 1.62. The Labute approximate surface area is 227 Å². The molecule has 1 unspecified atom stereocenters. The highest BCUT2D eigenvalue weighted by molar-refractivity contribution is 7.99. The molecule has 0 saturated heterocycles. The van der Waals surface area contributed by atoms with Crippen molar-refractivity contribution in [3.63, 3.8) is 0 Å². The summed E-state index contributed by atoms with van der Waals surface area (Å²) in [6.07, 6.45) is 2.46. The molecule has 0 aliphatic carbocycles. The van der Waals surface area contributed by atoms with Gasteiger partial charge >= 0.3 is 0 Å². The molecule has 2 heterocycles. The topological polar surface area (TPSA) is 150 Å². The molecule has 2 aromatic carbocycles. The van der Waals surface area contributed by atoms with Crippen molar-refractivity contribution in [1.29, 1.82) is 16.3 Å². The van der Waals surface area contributed by atoms with Gasteiger partial charge < -0.3 is 26.0 Å². The van der Waals surface area contributed by atoms with Crippen molar-refractivity contribution in [3.05, 3.63) is 87.2 Å². The Bertz CT molecular complexity index is 1340. The predicted octanol–water partition coefficient (Wildman–Crippen LogP) is 5.50. The predicted molar refractivity (Wildman–Crippen MR) is 150 cm³/mol. The van der Waals surface area contributed by atoms with Gasteiger partial charge in [0.05, 0.1) is 12.3 Å². The Morgan fingerprint density at radius 1 is 1.14 bits per heavy atom. The van der Waals surface area contributed by atoms with Gasteiger partial charge in [-0.25, -0.2) is 10.4 Å². The number of benzene rings is 2. The fraction of sp³-hybridized carbons (Fsp3) is 0.160. The van der Waals surface area contributed by atoms with Crippen LogP contribution in [-0.4, -0.2) is 41.1 Å². The largest absolute Gasteiger partial charge is 0.491 e. The highest BCUT2D eigenvalue weighted by Gasteiger charge is 2.29. The minimum absolute atomic E-state index is 0.0814. The number of halogens is 1. The van der Waals surface area contributed by atoms with Crippen molar-refractivity contribution in [2.45, 2.75) is 11.1 Å². The zero-order valence-corrected chi connectivity index (χ0v) is 21.9. The normalized spacial score (nSPS) is 15.2. The molecule has 0 bridgehead atoms. The number of thiazole rings is 1. The Hall–Kier alpha value is -3.51. The molecule has 0 amide bonds. The van der Waals surface area contributed by atoms with Crippen molar-refractivity contribution in [1.82, 2.24) is 15.7 Å². The Morgan fingerprint density at radius 2 is 1.86 bits per heavy atom. The monoisotopic (exact) mass is 553 g/mol. The smallest absolute Gasteiger partial charge is 0.131 e. The molecular weight excluding hydrogens is 530 g/mol. The fourth-order valence-electron chi connectivity index (χ4n) is 3.74. The summed E-state index contributed by atoms with van der Waals surface area (Å²) in [5.41, 5.74) is 14.5. The summed E-state index contributed by atoms with van der Waals surface area (Å²) >= 11 is 9.10. The van der Waals surface area contributed by atoms with E-state index in [0.717, 1.165) is 21.8 Å². The molecule has 12 heteroatoms. The molecule has 6 N–H and O–H groups in total. The standard InChI is InChI=1S/C25H24ClN7O2S2/c26-17-5-1-16(2-6-17)24-30-18(13-36-24)14-37-25-21(12-28)22(20(11-27)23(31-25)32-33-29)15-3-7-19(8-4-15)35-10-9-34/h1-8,11-13,25,27-28,31,34H,9-10,14H2,(H2,29,32). The summed E-state index contributed by atoms with van der Waals surface area (Å²) in [5.74, 6) is 1.59. The zero-order chi connectivity index (χ0) is 26.2. The van der Waals surface area contributed by atoms with Gasteiger partial charge in [-0.05, 0) is 29.8 Å². The SMILES string of the molecule is N=CC1=C(NN=N)NC(SCc2csc(-c3ccc(Cl)cc3)n2)C(C=N)=C1c1ccc(OCCO)cc1. The van der Waals surface area contributed by atoms with Gasteiger partial charge in [0.1, 0.15) is 28.6 Å². The van der Waals surface area contributed by atoms with Crippen molar-refractivity contribution in [3.8, 4) is 16.3 Å². The van der Waals surface area contributed by atoms with Crippen LogP contribution < -0.4 is 15.5 Å². The van der Waals surface area contributed by atoms with Crippen LogP contribution in [0.4, 0.5) is 0 Å². The number of aliphatic hydroxyl groups excluding tert-OH is 1. The second-order valence-electron chi connectivity index (χ2n) is 7.71. The molecule has 37 heavy (non-hydrogen) atoms. The lowest BCUT2D eigenvalue weighted by atomic mass is 9.91. The first kappa shape index (κ1) is 26.6. The number of hydrogen-bond acceptors (Lipinski definition) is 10. The molecule has 0 saturated carbocycles. The van der Waals surface area contributed by atoms with Crippen molar-refractivity contribution in [2.24, 2.45) is 5.22 Å². The van der Waals surface area contributed by atoms with Gasteiger partial charge in [-0.3, -0.25) is 0 Å². The van der Waals surface area contributed by atoms with E-state index in [1.54, 1.807) is 35.2 Å². The molecule has 190 valence electrons. The average molecular weight is 554 g/mol. The molecule has 0 spiro atoms. The first-order chi connectivity index (χ1) is 18.1. The molecule has 1 aromatic heterocycles. The van der Waals surface area contributed by atoms with Gasteiger partial charge in [-0.15, -0.1) is 23.1 Å². The number of allylic oxidation sites excluding steroid dienone is 2. The van der Waals surface area contributed by atoms with Crippen LogP contribution in [0.2, 0.25) is 5.02 Å². The van der Waals surface area contributed by atoms with E-state index >= 15 is 0 Å². The highest BCUT2D eigenvalue weighted by atomic mass is 35.5. The summed E-state index contributed by atoms with van der Waals surface area (Å²) in [7, 11) is 0. The first-order valence-electron chi connectivity index (χ1n) is 11.1. The summed E-state index contributed by atoms with van der Waals surface area (Å²) in [5, 5.41) is 35.0. The third kappa shape index (κ3) is 6.25. The number of thioether (sulfide) groups is 1. The van der Waals surface area contributed by atoms with Crippen LogP contribution in [0.3, 0.4) is 0 Å². The molecule has 0 radical (unpaired) electrons. The third-order valence-corrected chi connectivity index (χ3v) is 7.76. The Morgan fingerprint density at radius 3 is 2.51 bits per heavy atom. The molecule has 9 nitrogen and oxygen atoms in total. The summed E-state index contributed by atoms with van der Waals surface area (Å²) < 4.78 is 5.46. The van der Waals surface area contributed by atoms with E-state index in [4.69, 9.17) is 42.8 Å². The average Bonchev–Trinajstić information content (AvgIpc) is 3.40. The lowest BCUT2D eigenvalue weighted by Crippen LogP contribution is -2.38. The van der Waals surface area contributed by atoms with E-state index in [2.05, 4.69) is 16.0 Å². The molecule has 1 atom stereocenters. The van der Waals surface area contributed by atoms with Crippen LogP contribution in [0, 0.1) is 16.3 Å². The van der Waals surface area contributed by atoms with Gasteiger partial charge in [0, 0.05) is 50.9 Å². The van der Waals surface area contributed by atoms with Gasteiger partial charge in [0.25, 0.3) is 0 Å². The number of aromatic nitrogens is 1. The Kier molecular flexibility index (Phi) is 9.07. The molecule has 0 fully saturated rings. The van der Waals surface area contributed by atoms with Crippen LogP contribution >= 0.6 is 34.7 Å². The molecule has 4 rings (SSSR count). The molecule has 3 aromatic rings. The summed E-state index contributed by atoms with van der Waals surface area (Å²) in [6, 6.07) is 14.8. The van der Waals surface area contributed by atoms with Crippen LogP contribution in [0.15, 0.2) is 76.1 Å². The fourth-order valence-corrected chi connectivity index (χ4v) is 5.85. The van der Waals surface area contributed by atoms with Gasteiger partial charge in [0.15, 0.2) is 0 Å². The second kappa shape index (κ2) is 12.6. The number of ether oxygens (including phenoxy) is 1. The van der Waals surface area contributed by atoms with Crippen LogP contribution in [0.25, 0.3) is 16.1 Å². The molecule has 1 aliphatic rings. The number of nitrogens with zero attached hydrogens (tertiary/aromatic N) is 2. The van der Waals surface area contributed by atoms with Crippen LogP contribution in [0.1, 0.15) is 11.3 Å². The number of rotatable bonds is 12. The minimum Gasteiger partial charge on any atom is -0.491 e. The molecule has 1 aliphatic heterocycles. The summed E-state index contributed by atoms with van der Waals surface area (Å²) in [4.78, 5) is 4.75. The third-order valence-electron chi connectivity index (χ3n) is 5.40.